The van der Waals surface area contributed by atoms with Crippen molar-refractivity contribution in [1.82, 2.24) is 10.3 Å². The molecule has 0 aliphatic rings. The predicted octanol–water partition coefficient (Wildman–Crippen LogP) is 2.92. The third-order valence-electron chi connectivity index (χ3n) is 3.45. The van der Waals surface area contributed by atoms with E-state index < -0.39 is 0 Å². The third kappa shape index (κ3) is 4.53. The van der Waals surface area contributed by atoms with Gasteiger partial charge in [-0.15, -0.1) is 11.3 Å². The quantitative estimate of drug-likeness (QED) is 0.778. The minimum atomic E-state index is -0.164. The second-order valence-electron chi connectivity index (χ2n) is 5.07. The summed E-state index contributed by atoms with van der Waals surface area (Å²) in [5.41, 5.74) is 6.96. The minimum absolute atomic E-state index is 0.107. The topological polar surface area (TPSA) is 77.2 Å². The van der Waals surface area contributed by atoms with Gasteiger partial charge in [0, 0.05) is 17.4 Å². The number of carbonyl (C=O) groups excluding carboxylic acids is 1. The highest BCUT2D eigenvalue weighted by atomic mass is 32.1. The van der Waals surface area contributed by atoms with E-state index in [-0.39, 0.29) is 11.9 Å². The Morgan fingerprint density at radius 1 is 1.39 bits per heavy atom. The highest BCUT2D eigenvalue weighted by Gasteiger charge is 2.19. The molecule has 1 aromatic heterocycles. The summed E-state index contributed by atoms with van der Waals surface area (Å²) in [6, 6.07) is 7.69. The summed E-state index contributed by atoms with van der Waals surface area (Å²) in [5.74, 6) is 0.645. The molecule has 2 aromatic rings. The third-order valence-corrected chi connectivity index (χ3v) is 4.36. The van der Waals surface area contributed by atoms with Crippen molar-refractivity contribution in [2.24, 2.45) is 5.73 Å². The van der Waals surface area contributed by atoms with Crippen molar-refractivity contribution in [1.29, 1.82) is 0 Å². The van der Waals surface area contributed by atoms with Gasteiger partial charge in [-0.2, -0.15) is 0 Å². The SMILES string of the molecule is CCOc1ccccc1C(CC)NC(=O)c1csc(CCN)n1. The van der Waals surface area contributed by atoms with Gasteiger partial charge in [-0.05, 0) is 26.0 Å². The van der Waals surface area contributed by atoms with Crippen molar-refractivity contribution in [3.05, 3.63) is 45.9 Å². The molecule has 0 spiro atoms. The van der Waals surface area contributed by atoms with Gasteiger partial charge in [-0.1, -0.05) is 25.1 Å². The summed E-state index contributed by atoms with van der Waals surface area (Å²) >= 11 is 1.47. The molecule has 1 heterocycles. The summed E-state index contributed by atoms with van der Waals surface area (Å²) < 4.78 is 5.66. The zero-order valence-electron chi connectivity index (χ0n) is 13.5. The van der Waals surface area contributed by atoms with E-state index in [1.807, 2.05) is 38.1 Å². The van der Waals surface area contributed by atoms with Crippen LogP contribution in [-0.2, 0) is 6.42 Å². The number of benzene rings is 1. The molecule has 1 atom stereocenters. The van der Waals surface area contributed by atoms with E-state index in [1.54, 1.807) is 5.38 Å². The van der Waals surface area contributed by atoms with Crippen LogP contribution in [-0.4, -0.2) is 24.0 Å². The first kappa shape index (κ1) is 17.4. The van der Waals surface area contributed by atoms with Crippen LogP contribution < -0.4 is 15.8 Å². The monoisotopic (exact) mass is 333 g/mol. The fraction of sp³-hybridized carbons (Fsp3) is 0.412. The number of hydrogen-bond acceptors (Lipinski definition) is 5. The van der Waals surface area contributed by atoms with Crippen molar-refractivity contribution in [3.63, 3.8) is 0 Å². The van der Waals surface area contributed by atoms with E-state index in [0.29, 0.717) is 25.3 Å². The Morgan fingerprint density at radius 3 is 2.87 bits per heavy atom. The Bertz CT molecular complexity index is 642. The molecule has 1 aromatic carbocycles. The molecular formula is C17H23N3O2S. The van der Waals surface area contributed by atoms with E-state index in [4.69, 9.17) is 10.5 Å². The summed E-state index contributed by atoms with van der Waals surface area (Å²) in [7, 11) is 0. The first-order chi connectivity index (χ1) is 11.2. The van der Waals surface area contributed by atoms with Crippen molar-refractivity contribution in [2.75, 3.05) is 13.2 Å². The molecule has 0 aliphatic carbocycles. The van der Waals surface area contributed by atoms with E-state index in [0.717, 1.165) is 22.7 Å². The minimum Gasteiger partial charge on any atom is -0.494 e. The maximum absolute atomic E-state index is 12.4. The van der Waals surface area contributed by atoms with Crippen LogP contribution in [0, 0.1) is 0 Å². The number of rotatable bonds is 8. The number of nitrogens with zero attached hydrogens (tertiary/aromatic N) is 1. The smallest absolute Gasteiger partial charge is 0.271 e. The predicted molar refractivity (Wildman–Crippen MR) is 93.0 cm³/mol. The first-order valence-electron chi connectivity index (χ1n) is 7.86. The van der Waals surface area contributed by atoms with E-state index in [1.165, 1.54) is 11.3 Å². The maximum Gasteiger partial charge on any atom is 0.271 e. The number of carbonyl (C=O) groups is 1. The van der Waals surface area contributed by atoms with Gasteiger partial charge in [0.25, 0.3) is 5.91 Å². The number of ether oxygens (including phenoxy) is 1. The number of thiazole rings is 1. The summed E-state index contributed by atoms with van der Waals surface area (Å²) in [6.45, 7) is 5.11. The molecule has 5 nitrogen and oxygen atoms in total. The van der Waals surface area contributed by atoms with Gasteiger partial charge in [0.2, 0.25) is 0 Å². The molecule has 1 amide bonds. The lowest BCUT2D eigenvalue weighted by atomic mass is 10.0. The van der Waals surface area contributed by atoms with Crippen molar-refractivity contribution >= 4 is 17.2 Å². The van der Waals surface area contributed by atoms with Gasteiger partial charge in [0.1, 0.15) is 11.4 Å². The summed E-state index contributed by atoms with van der Waals surface area (Å²) in [5, 5.41) is 5.72. The maximum atomic E-state index is 12.4. The molecule has 6 heteroatoms. The van der Waals surface area contributed by atoms with Gasteiger partial charge in [-0.25, -0.2) is 4.98 Å². The van der Waals surface area contributed by atoms with Crippen LogP contribution in [0.15, 0.2) is 29.6 Å². The lowest BCUT2D eigenvalue weighted by molar-refractivity contribution is 0.0930. The van der Waals surface area contributed by atoms with Gasteiger partial charge in [-0.3, -0.25) is 4.79 Å². The Morgan fingerprint density at radius 2 is 2.17 bits per heavy atom. The molecule has 1 unspecified atom stereocenters. The molecule has 0 radical (unpaired) electrons. The van der Waals surface area contributed by atoms with Crippen molar-refractivity contribution in [3.8, 4) is 5.75 Å². The van der Waals surface area contributed by atoms with Crippen LogP contribution in [0.2, 0.25) is 0 Å². The molecule has 0 saturated carbocycles. The molecular weight excluding hydrogens is 310 g/mol. The Labute approximate surface area is 140 Å². The average molecular weight is 333 g/mol. The number of hydrogen-bond donors (Lipinski definition) is 2. The van der Waals surface area contributed by atoms with Crippen LogP contribution in [0.4, 0.5) is 0 Å². The standard InChI is InChI=1S/C17H23N3O2S/c1-3-13(12-7-5-6-8-15(12)22-4-2)20-17(21)14-11-23-16(19-14)9-10-18/h5-8,11,13H,3-4,9-10,18H2,1-2H3,(H,20,21). The van der Waals surface area contributed by atoms with E-state index in [9.17, 15) is 4.79 Å². The number of aromatic nitrogens is 1. The summed E-state index contributed by atoms with van der Waals surface area (Å²) in [6.07, 6.45) is 1.47. The van der Waals surface area contributed by atoms with Crippen molar-refractivity contribution < 1.29 is 9.53 Å². The zero-order valence-corrected chi connectivity index (χ0v) is 14.4. The van der Waals surface area contributed by atoms with Crippen molar-refractivity contribution in [2.45, 2.75) is 32.7 Å². The molecule has 0 aliphatic heterocycles. The second-order valence-corrected chi connectivity index (χ2v) is 6.01. The lowest BCUT2D eigenvalue weighted by Crippen LogP contribution is -2.28. The molecule has 124 valence electrons. The van der Waals surface area contributed by atoms with Crippen LogP contribution in [0.5, 0.6) is 5.75 Å². The van der Waals surface area contributed by atoms with Crippen LogP contribution in [0.25, 0.3) is 0 Å². The van der Waals surface area contributed by atoms with Crippen LogP contribution in [0.1, 0.15) is 47.4 Å². The van der Waals surface area contributed by atoms with Crippen LogP contribution >= 0.6 is 11.3 Å². The van der Waals surface area contributed by atoms with E-state index in [2.05, 4.69) is 10.3 Å². The highest BCUT2D eigenvalue weighted by molar-refractivity contribution is 7.09. The molecule has 3 N–H and O–H groups in total. The molecule has 0 saturated heterocycles. The number of nitrogens with two attached hydrogens (primary N) is 1. The normalized spacial score (nSPS) is 12.0. The Kier molecular flexibility index (Phi) is 6.55. The first-order valence-corrected chi connectivity index (χ1v) is 8.74. The summed E-state index contributed by atoms with van der Waals surface area (Å²) in [4.78, 5) is 16.8. The lowest BCUT2D eigenvalue weighted by Gasteiger charge is -2.20. The molecule has 0 bridgehead atoms. The zero-order chi connectivity index (χ0) is 16.7. The Balaban J connectivity index is 2.13. The fourth-order valence-corrected chi connectivity index (χ4v) is 3.13. The van der Waals surface area contributed by atoms with Gasteiger partial charge < -0.3 is 15.8 Å². The number of para-hydroxylation sites is 1. The fourth-order valence-electron chi connectivity index (χ4n) is 2.34. The average Bonchev–Trinajstić information content (AvgIpc) is 3.03. The molecule has 23 heavy (non-hydrogen) atoms. The molecule has 2 rings (SSSR count). The van der Waals surface area contributed by atoms with Gasteiger partial charge in [0.15, 0.2) is 0 Å². The van der Waals surface area contributed by atoms with Crippen LogP contribution in [0.3, 0.4) is 0 Å². The number of nitrogens with one attached hydrogen (secondary N) is 1. The number of amides is 1. The second kappa shape index (κ2) is 8.64. The van der Waals surface area contributed by atoms with Gasteiger partial charge in [0.05, 0.1) is 17.7 Å². The highest BCUT2D eigenvalue weighted by Crippen LogP contribution is 2.27. The Hall–Kier alpha value is -1.92. The van der Waals surface area contributed by atoms with Gasteiger partial charge >= 0.3 is 0 Å². The van der Waals surface area contributed by atoms with E-state index >= 15 is 0 Å². The largest absolute Gasteiger partial charge is 0.494 e. The molecule has 0 fully saturated rings.